The average molecular weight is 409 g/mol. The van der Waals surface area contributed by atoms with Gasteiger partial charge in [-0.1, -0.05) is 23.7 Å². The van der Waals surface area contributed by atoms with Gasteiger partial charge in [-0.15, -0.1) is 11.3 Å². The number of ether oxygens (including phenoxy) is 1. The number of carbonyl (C=O) groups excluding carboxylic acids is 3. The lowest BCUT2D eigenvalue weighted by Gasteiger charge is -2.17. The molecule has 0 atom stereocenters. The second kappa shape index (κ2) is 9.01. The van der Waals surface area contributed by atoms with Gasteiger partial charge in [0.25, 0.3) is 11.8 Å². The van der Waals surface area contributed by atoms with E-state index in [0.29, 0.717) is 28.6 Å². The molecular weight excluding hydrogens is 388 g/mol. The van der Waals surface area contributed by atoms with E-state index in [1.165, 1.54) is 7.11 Å². The van der Waals surface area contributed by atoms with Crippen molar-refractivity contribution in [3.8, 4) is 0 Å². The topological polar surface area (TPSA) is 75.7 Å². The van der Waals surface area contributed by atoms with Crippen LogP contribution in [0.3, 0.4) is 0 Å². The standard InChI is InChI=1S/C19H21ClN2O4S/c1-5-22(6-2)18(24)15-11(3)14(19(25)26-4)17(27-15)21-16(23)12-9-7-8-10-13(12)20/h7-10H,5-6H2,1-4H3,(H,21,23). The van der Waals surface area contributed by atoms with Gasteiger partial charge in [-0.05, 0) is 38.5 Å². The Morgan fingerprint density at radius 2 is 1.81 bits per heavy atom. The van der Waals surface area contributed by atoms with Gasteiger partial charge in [0.2, 0.25) is 0 Å². The minimum Gasteiger partial charge on any atom is -0.465 e. The van der Waals surface area contributed by atoms with Crippen molar-refractivity contribution in [2.24, 2.45) is 0 Å². The Hall–Kier alpha value is -2.38. The van der Waals surface area contributed by atoms with E-state index in [-0.39, 0.29) is 22.0 Å². The zero-order valence-corrected chi connectivity index (χ0v) is 17.2. The summed E-state index contributed by atoms with van der Waals surface area (Å²) in [6.07, 6.45) is 0. The van der Waals surface area contributed by atoms with Gasteiger partial charge in [-0.3, -0.25) is 9.59 Å². The number of amides is 2. The average Bonchev–Trinajstić information content (AvgIpc) is 2.98. The number of hydrogen-bond donors (Lipinski definition) is 1. The molecule has 0 radical (unpaired) electrons. The number of esters is 1. The third-order valence-electron chi connectivity index (χ3n) is 4.13. The maximum Gasteiger partial charge on any atom is 0.341 e. The van der Waals surface area contributed by atoms with E-state index in [4.69, 9.17) is 16.3 Å². The van der Waals surface area contributed by atoms with Crippen LogP contribution in [-0.2, 0) is 4.74 Å². The molecule has 0 bridgehead atoms. The fraction of sp³-hybridized carbons (Fsp3) is 0.316. The van der Waals surface area contributed by atoms with E-state index in [0.717, 1.165) is 11.3 Å². The zero-order chi connectivity index (χ0) is 20.1. The number of carbonyl (C=O) groups is 3. The van der Waals surface area contributed by atoms with Crippen molar-refractivity contribution in [2.45, 2.75) is 20.8 Å². The van der Waals surface area contributed by atoms with Crippen molar-refractivity contribution in [1.29, 1.82) is 0 Å². The molecule has 27 heavy (non-hydrogen) atoms. The summed E-state index contributed by atoms with van der Waals surface area (Å²) in [5.74, 6) is -1.27. The summed E-state index contributed by atoms with van der Waals surface area (Å²) < 4.78 is 4.84. The number of thiophene rings is 1. The lowest BCUT2D eigenvalue weighted by Crippen LogP contribution is -2.30. The van der Waals surface area contributed by atoms with Crippen LogP contribution in [0.4, 0.5) is 5.00 Å². The highest BCUT2D eigenvalue weighted by atomic mass is 35.5. The van der Waals surface area contributed by atoms with Crippen molar-refractivity contribution < 1.29 is 19.1 Å². The Bertz CT molecular complexity index is 875. The third kappa shape index (κ3) is 4.31. The van der Waals surface area contributed by atoms with Gasteiger partial charge in [0.1, 0.15) is 5.00 Å². The molecule has 1 N–H and O–H groups in total. The molecule has 0 spiro atoms. The normalized spacial score (nSPS) is 10.4. The first-order valence-corrected chi connectivity index (χ1v) is 9.61. The summed E-state index contributed by atoms with van der Waals surface area (Å²) in [6.45, 7) is 6.52. The molecule has 8 heteroatoms. The fourth-order valence-electron chi connectivity index (χ4n) is 2.62. The van der Waals surface area contributed by atoms with Gasteiger partial charge < -0.3 is 15.0 Å². The molecule has 0 saturated heterocycles. The van der Waals surface area contributed by atoms with E-state index < -0.39 is 11.9 Å². The van der Waals surface area contributed by atoms with E-state index in [2.05, 4.69) is 5.32 Å². The highest BCUT2D eigenvalue weighted by molar-refractivity contribution is 7.18. The maximum absolute atomic E-state index is 12.8. The summed E-state index contributed by atoms with van der Waals surface area (Å²) in [6, 6.07) is 6.59. The SMILES string of the molecule is CCN(CC)C(=O)c1sc(NC(=O)c2ccccc2Cl)c(C(=O)OC)c1C. The van der Waals surface area contributed by atoms with Crippen LogP contribution in [0.25, 0.3) is 0 Å². The molecule has 2 rings (SSSR count). The first kappa shape index (κ1) is 20.9. The van der Waals surface area contributed by atoms with E-state index in [9.17, 15) is 14.4 Å². The van der Waals surface area contributed by atoms with Crippen LogP contribution in [0.2, 0.25) is 5.02 Å². The van der Waals surface area contributed by atoms with Crippen LogP contribution >= 0.6 is 22.9 Å². The van der Waals surface area contributed by atoms with Crippen LogP contribution in [0.5, 0.6) is 0 Å². The molecule has 0 unspecified atom stereocenters. The highest BCUT2D eigenvalue weighted by Crippen LogP contribution is 2.35. The quantitative estimate of drug-likeness (QED) is 0.725. The number of nitrogens with one attached hydrogen (secondary N) is 1. The number of nitrogens with zero attached hydrogens (tertiary/aromatic N) is 1. The Labute approximate surface area is 167 Å². The van der Waals surface area contributed by atoms with Crippen molar-refractivity contribution in [2.75, 3.05) is 25.5 Å². The number of halogens is 1. The Kier molecular flexibility index (Phi) is 6.98. The second-order valence-corrected chi connectivity index (χ2v) is 7.09. The molecule has 0 fully saturated rings. The lowest BCUT2D eigenvalue weighted by atomic mass is 10.1. The molecule has 1 heterocycles. The van der Waals surface area contributed by atoms with Crippen LogP contribution in [-0.4, -0.2) is 42.9 Å². The number of methoxy groups -OCH3 is 1. The van der Waals surface area contributed by atoms with Gasteiger partial charge >= 0.3 is 5.97 Å². The predicted octanol–water partition coefficient (Wildman–Crippen LogP) is 4.23. The van der Waals surface area contributed by atoms with Gasteiger partial charge in [0.15, 0.2) is 0 Å². The highest BCUT2D eigenvalue weighted by Gasteiger charge is 2.28. The molecule has 0 aliphatic rings. The third-order valence-corrected chi connectivity index (χ3v) is 5.65. The molecule has 1 aromatic heterocycles. The smallest absolute Gasteiger partial charge is 0.341 e. The zero-order valence-electron chi connectivity index (χ0n) is 15.6. The number of benzene rings is 1. The van der Waals surface area contributed by atoms with Crippen molar-refractivity contribution in [3.05, 3.63) is 50.9 Å². The molecule has 0 aliphatic carbocycles. The first-order chi connectivity index (χ1) is 12.8. The summed E-state index contributed by atoms with van der Waals surface area (Å²) >= 11 is 7.13. The first-order valence-electron chi connectivity index (χ1n) is 8.42. The van der Waals surface area contributed by atoms with Gasteiger partial charge in [-0.2, -0.15) is 0 Å². The second-order valence-electron chi connectivity index (χ2n) is 5.66. The molecule has 1 aromatic carbocycles. The van der Waals surface area contributed by atoms with Gasteiger partial charge in [-0.25, -0.2) is 4.79 Å². The van der Waals surface area contributed by atoms with Gasteiger partial charge in [0.05, 0.1) is 28.1 Å². The van der Waals surface area contributed by atoms with Crippen LogP contribution in [0.15, 0.2) is 24.3 Å². The molecule has 144 valence electrons. The summed E-state index contributed by atoms with van der Waals surface area (Å²) in [5, 5.41) is 3.26. The summed E-state index contributed by atoms with van der Waals surface area (Å²) in [4.78, 5) is 39.7. The molecule has 0 saturated carbocycles. The minimum absolute atomic E-state index is 0.179. The molecule has 2 amide bonds. The Morgan fingerprint density at radius 3 is 2.37 bits per heavy atom. The largest absolute Gasteiger partial charge is 0.465 e. The Balaban J connectivity index is 2.47. The Morgan fingerprint density at radius 1 is 1.19 bits per heavy atom. The van der Waals surface area contributed by atoms with Crippen molar-refractivity contribution in [1.82, 2.24) is 4.90 Å². The van der Waals surface area contributed by atoms with Crippen molar-refractivity contribution in [3.63, 3.8) is 0 Å². The van der Waals surface area contributed by atoms with Crippen molar-refractivity contribution >= 4 is 45.7 Å². The molecular formula is C19H21ClN2O4S. The van der Waals surface area contributed by atoms with Crippen LogP contribution in [0.1, 0.15) is 49.8 Å². The molecule has 6 nitrogen and oxygen atoms in total. The predicted molar refractivity (Wildman–Crippen MR) is 107 cm³/mol. The van der Waals surface area contributed by atoms with E-state index >= 15 is 0 Å². The van der Waals surface area contributed by atoms with Crippen LogP contribution in [0, 0.1) is 6.92 Å². The van der Waals surface area contributed by atoms with E-state index in [1.54, 1.807) is 36.1 Å². The number of rotatable bonds is 6. The van der Waals surface area contributed by atoms with E-state index in [1.807, 2.05) is 13.8 Å². The molecule has 2 aromatic rings. The molecule has 0 aliphatic heterocycles. The summed E-state index contributed by atoms with van der Waals surface area (Å²) in [5.41, 5.74) is 0.939. The number of anilines is 1. The fourth-order valence-corrected chi connectivity index (χ4v) is 4.00. The van der Waals surface area contributed by atoms with Gasteiger partial charge in [0, 0.05) is 13.1 Å². The maximum atomic E-state index is 12.8. The monoisotopic (exact) mass is 408 g/mol. The number of hydrogen-bond acceptors (Lipinski definition) is 5. The summed E-state index contributed by atoms with van der Waals surface area (Å²) in [7, 11) is 1.25. The minimum atomic E-state index is -0.614. The van der Waals surface area contributed by atoms with Crippen LogP contribution < -0.4 is 5.32 Å². The lowest BCUT2D eigenvalue weighted by molar-refractivity contribution is 0.0601.